The van der Waals surface area contributed by atoms with Gasteiger partial charge in [-0.2, -0.15) is 0 Å². The zero-order chi connectivity index (χ0) is 24.6. The van der Waals surface area contributed by atoms with Crippen molar-refractivity contribution in [2.24, 2.45) is 0 Å². The summed E-state index contributed by atoms with van der Waals surface area (Å²) < 4.78 is 31.2. The number of hydrogen-bond donors (Lipinski definition) is 3. The molecule has 0 bridgehead atoms. The Hall–Kier alpha value is -2.53. The topological polar surface area (TPSA) is 120 Å². The van der Waals surface area contributed by atoms with Gasteiger partial charge >= 0.3 is 0 Å². The summed E-state index contributed by atoms with van der Waals surface area (Å²) in [5.41, 5.74) is 4.35. The van der Waals surface area contributed by atoms with E-state index in [0.29, 0.717) is 62.8 Å². The average Bonchev–Trinajstić information content (AvgIpc) is 3.31. The highest BCUT2D eigenvalue weighted by Crippen LogP contribution is 2.41. The molecule has 0 spiro atoms. The molecule has 188 valence electrons. The first-order valence-corrected chi connectivity index (χ1v) is 14.1. The Morgan fingerprint density at radius 3 is 2.69 bits per heavy atom. The highest BCUT2D eigenvalue weighted by Gasteiger charge is 2.44. The van der Waals surface area contributed by atoms with E-state index in [9.17, 15) is 13.5 Å². The van der Waals surface area contributed by atoms with Gasteiger partial charge < -0.3 is 25.0 Å². The van der Waals surface area contributed by atoms with Crippen LogP contribution in [0.1, 0.15) is 37.4 Å². The van der Waals surface area contributed by atoms with Gasteiger partial charge in [0, 0.05) is 18.5 Å². The van der Waals surface area contributed by atoms with Crippen molar-refractivity contribution in [3.8, 4) is 11.4 Å². The van der Waals surface area contributed by atoms with Gasteiger partial charge in [0.1, 0.15) is 5.82 Å². The Morgan fingerprint density at radius 1 is 1.17 bits per heavy atom. The van der Waals surface area contributed by atoms with E-state index in [2.05, 4.69) is 22.1 Å². The maximum Gasteiger partial charge on any atom is 0.157 e. The number of nitrogens with zero attached hydrogens (tertiary/aromatic N) is 3. The molecular weight excluding hydrogens is 466 g/mol. The van der Waals surface area contributed by atoms with Crippen molar-refractivity contribution in [1.82, 2.24) is 20.3 Å². The highest BCUT2D eigenvalue weighted by atomic mass is 32.2. The van der Waals surface area contributed by atoms with Gasteiger partial charge in [0.05, 0.1) is 53.0 Å². The number of H-pyrrole nitrogens is 1. The fourth-order valence-electron chi connectivity index (χ4n) is 5.35. The SMILES string of the molecule is CC[C@H]1COCCN1c1cc(C2(S(C)(=O)=O)CCNCC2)cc(-c2ccc3[nH]c(CO)cc3n2)n1. The molecule has 0 unspecified atom stereocenters. The van der Waals surface area contributed by atoms with Gasteiger partial charge in [0.2, 0.25) is 0 Å². The summed E-state index contributed by atoms with van der Waals surface area (Å²) in [5.74, 6) is 0.765. The molecule has 10 heteroatoms. The van der Waals surface area contributed by atoms with Crippen LogP contribution in [0.5, 0.6) is 0 Å². The molecule has 0 amide bonds. The lowest BCUT2D eigenvalue weighted by atomic mass is 9.88. The number of piperidine rings is 1. The van der Waals surface area contributed by atoms with Crippen LogP contribution < -0.4 is 10.2 Å². The van der Waals surface area contributed by atoms with Crippen molar-refractivity contribution in [2.75, 3.05) is 44.0 Å². The first-order chi connectivity index (χ1) is 16.8. The van der Waals surface area contributed by atoms with Crippen molar-refractivity contribution >= 4 is 26.7 Å². The van der Waals surface area contributed by atoms with Gasteiger partial charge in [-0.1, -0.05) is 6.92 Å². The summed E-state index contributed by atoms with van der Waals surface area (Å²) >= 11 is 0. The molecule has 0 aliphatic carbocycles. The number of aliphatic hydroxyl groups is 1. The summed E-state index contributed by atoms with van der Waals surface area (Å²) in [6.45, 7) is 5.25. The molecule has 2 saturated heterocycles. The summed E-state index contributed by atoms with van der Waals surface area (Å²) in [6.07, 6.45) is 3.28. The Labute approximate surface area is 205 Å². The number of nitrogens with one attached hydrogen (secondary N) is 2. The molecule has 1 atom stereocenters. The third-order valence-electron chi connectivity index (χ3n) is 7.42. The maximum absolute atomic E-state index is 13.3. The lowest BCUT2D eigenvalue weighted by Crippen LogP contribution is -2.47. The van der Waals surface area contributed by atoms with Crippen LogP contribution >= 0.6 is 0 Å². The van der Waals surface area contributed by atoms with E-state index in [-0.39, 0.29) is 12.6 Å². The quantitative estimate of drug-likeness (QED) is 0.473. The number of aromatic nitrogens is 3. The molecule has 5 heterocycles. The van der Waals surface area contributed by atoms with E-state index in [0.717, 1.165) is 28.8 Å². The number of aromatic amines is 1. The molecule has 2 fully saturated rings. The lowest BCUT2D eigenvalue weighted by Gasteiger charge is -2.39. The second-order valence-electron chi connectivity index (χ2n) is 9.53. The van der Waals surface area contributed by atoms with Crippen LogP contribution in [-0.4, -0.2) is 73.6 Å². The minimum absolute atomic E-state index is 0.0933. The van der Waals surface area contributed by atoms with Gasteiger partial charge in [0.25, 0.3) is 0 Å². The third kappa shape index (κ3) is 4.44. The molecule has 9 nitrogen and oxygen atoms in total. The molecule has 0 radical (unpaired) electrons. The number of ether oxygens (including phenoxy) is 1. The molecule has 2 aliphatic heterocycles. The van der Waals surface area contributed by atoms with Crippen molar-refractivity contribution in [3.63, 3.8) is 0 Å². The van der Waals surface area contributed by atoms with Crippen LogP contribution in [0.2, 0.25) is 0 Å². The standard InChI is InChI=1S/C25H33N5O4S/c1-3-19-16-34-11-10-30(19)24-13-17(25(35(2,32)33)6-8-26-9-7-25)12-22(29-24)21-5-4-20-23(28-21)14-18(15-31)27-20/h4-5,12-14,19,26-27,31H,3,6-11,15-16H2,1-2H3/t19-/m0/s1. The number of fused-ring (bicyclic) bond motifs is 1. The van der Waals surface area contributed by atoms with Crippen LogP contribution in [0.15, 0.2) is 30.3 Å². The van der Waals surface area contributed by atoms with Crippen molar-refractivity contribution in [2.45, 2.75) is 43.6 Å². The van der Waals surface area contributed by atoms with Crippen LogP contribution in [-0.2, 0) is 25.9 Å². The van der Waals surface area contributed by atoms with Gasteiger partial charge in [-0.15, -0.1) is 0 Å². The lowest BCUT2D eigenvalue weighted by molar-refractivity contribution is 0.0925. The van der Waals surface area contributed by atoms with Gasteiger partial charge in [-0.05, 0) is 68.2 Å². The molecule has 3 N–H and O–H groups in total. The van der Waals surface area contributed by atoms with Crippen molar-refractivity contribution in [3.05, 3.63) is 41.6 Å². The van der Waals surface area contributed by atoms with E-state index < -0.39 is 14.6 Å². The Bertz CT molecular complexity index is 1320. The molecule has 0 saturated carbocycles. The van der Waals surface area contributed by atoms with Crippen molar-refractivity contribution < 1.29 is 18.3 Å². The summed E-state index contributed by atoms with van der Waals surface area (Å²) in [5, 5.41) is 12.8. The monoisotopic (exact) mass is 499 g/mol. The second kappa shape index (κ2) is 9.50. The van der Waals surface area contributed by atoms with Crippen LogP contribution in [0, 0.1) is 0 Å². The minimum Gasteiger partial charge on any atom is -0.390 e. The molecular formula is C25H33N5O4S. The van der Waals surface area contributed by atoms with Crippen molar-refractivity contribution in [1.29, 1.82) is 0 Å². The third-order valence-corrected chi connectivity index (χ3v) is 9.48. The molecule has 0 aromatic carbocycles. The summed E-state index contributed by atoms with van der Waals surface area (Å²) in [6, 6.07) is 9.69. The first-order valence-electron chi connectivity index (χ1n) is 12.2. The largest absolute Gasteiger partial charge is 0.390 e. The minimum atomic E-state index is -3.40. The number of morpholine rings is 1. The number of anilines is 1. The van der Waals surface area contributed by atoms with E-state index in [4.69, 9.17) is 14.7 Å². The predicted octanol–water partition coefficient (Wildman–Crippen LogP) is 2.36. The van der Waals surface area contributed by atoms with Crippen LogP contribution in [0.3, 0.4) is 0 Å². The van der Waals surface area contributed by atoms with E-state index in [1.54, 1.807) is 0 Å². The predicted molar refractivity (Wildman–Crippen MR) is 136 cm³/mol. The van der Waals surface area contributed by atoms with Gasteiger partial charge in [-0.3, -0.25) is 0 Å². The molecule has 5 rings (SSSR count). The van der Waals surface area contributed by atoms with E-state index in [1.807, 2.05) is 30.3 Å². The molecule has 3 aromatic rings. The van der Waals surface area contributed by atoms with E-state index >= 15 is 0 Å². The Morgan fingerprint density at radius 2 is 1.97 bits per heavy atom. The van der Waals surface area contributed by atoms with Crippen LogP contribution in [0.4, 0.5) is 5.82 Å². The fourth-order valence-corrected chi connectivity index (χ4v) is 6.84. The van der Waals surface area contributed by atoms with E-state index in [1.165, 1.54) is 6.26 Å². The summed E-state index contributed by atoms with van der Waals surface area (Å²) in [4.78, 5) is 15.2. The molecule has 2 aliphatic rings. The summed E-state index contributed by atoms with van der Waals surface area (Å²) in [7, 11) is -3.40. The number of sulfone groups is 1. The zero-order valence-electron chi connectivity index (χ0n) is 20.2. The number of rotatable bonds is 6. The van der Waals surface area contributed by atoms with Gasteiger partial charge in [0.15, 0.2) is 9.84 Å². The maximum atomic E-state index is 13.3. The highest BCUT2D eigenvalue weighted by molar-refractivity contribution is 7.91. The Balaban J connectivity index is 1.69. The Kier molecular flexibility index (Phi) is 6.56. The first kappa shape index (κ1) is 24.2. The molecule has 35 heavy (non-hydrogen) atoms. The molecule has 3 aromatic heterocycles. The normalized spacial score (nSPS) is 20.9. The smallest absolute Gasteiger partial charge is 0.157 e. The van der Waals surface area contributed by atoms with Crippen LogP contribution in [0.25, 0.3) is 22.4 Å². The number of aliphatic hydroxyl groups excluding tert-OH is 1. The fraction of sp³-hybridized carbons (Fsp3) is 0.520. The van der Waals surface area contributed by atoms with Gasteiger partial charge in [-0.25, -0.2) is 18.4 Å². The average molecular weight is 500 g/mol. The number of hydrogen-bond acceptors (Lipinski definition) is 8. The zero-order valence-corrected chi connectivity index (χ0v) is 21.1. The second-order valence-corrected chi connectivity index (χ2v) is 11.9. The number of pyridine rings is 2.